The summed E-state index contributed by atoms with van der Waals surface area (Å²) in [7, 11) is 0. The fourth-order valence-corrected chi connectivity index (χ4v) is 4.43. The molecular formula is C20H22ClN5S. The Morgan fingerprint density at radius 1 is 1.26 bits per heavy atom. The monoisotopic (exact) mass is 399 g/mol. The molecule has 7 heteroatoms. The molecule has 0 bridgehead atoms. The molecule has 0 radical (unpaired) electrons. The lowest BCUT2D eigenvalue weighted by Gasteiger charge is -2.24. The van der Waals surface area contributed by atoms with Crippen molar-refractivity contribution in [1.29, 1.82) is 0 Å². The normalized spacial score (nSPS) is 18.1. The lowest BCUT2D eigenvalue weighted by molar-refractivity contribution is 0.338. The predicted octanol–water partition coefficient (Wildman–Crippen LogP) is 3.68. The minimum absolute atomic E-state index is 0.00739. The molecule has 1 aromatic heterocycles. The number of nitrogens with two attached hydrogens (primary N) is 2. The SMILES string of the molecule is Cc1[nH]nc2ccc(C3=CN(C[C@H](N)Cc4ccc(Cl)cc4)C(N)S3)cc12. The molecule has 0 saturated heterocycles. The van der Waals surface area contributed by atoms with Crippen LogP contribution in [0.1, 0.15) is 16.8 Å². The summed E-state index contributed by atoms with van der Waals surface area (Å²) < 4.78 is 0. The molecule has 1 aliphatic heterocycles. The van der Waals surface area contributed by atoms with Gasteiger partial charge < -0.3 is 16.4 Å². The summed E-state index contributed by atoms with van der Waals surface area (Å²) in [6.45, 7) is 2.73. The first-order valence-corrected chi connectivity index (χ1v) is 10.1. The molecule has 2 aromatic carbocycles. The van der Waals surface area contributed by atoms with Crippen LogP contribution in [0.4, 0.5) is 0 Å². The number of H-pyrrole nitrogens is 1. The average molecular weight is 400 g/mol. The van der Waals surface area contributed by atoms with Gasteiger partial charge in [0.15, 0.2) is 0 Å². The van der Waals surface area contributed by atoms with Crippen molar-refractivity contribution in [1.82, 2.24) is 15.1 Å². The van der Waals surface area contributed by atoms with E-state index in [1.807, 2.05) is 37.3 Å². The molecule has 140 valence electrons. The molecule has 5 nitrogen and oxygen atoms in total. The minimum atomic E-state index is -0.127. The van der Waals surface area contributed by atoms with Gasteiger partial charge in [-0.3, -0.25) is 5.10 Å². The third-order valence-electron chi connectivity index (χ3n) is 4.74. The minimum Gasteiger partial charge on any atom is -0.351 e. The highest BCUT2D eigenvalue weighted by atomic mass is 35.5. The van der Waals surface area contributed by atoms with E-state index in [0.717, 1.165) is 38.5 Å². The Kier molecular flexibility index (Phi) is 5.14. The van der Waals surface area contributed by atoms with Crippen LogP contribution in [-0.2, 0) is 6.42 Å². The Balaban J connectivity index is 1.47. The van der Waals surface area contributed by atoms with E-state index in [9.17, 15) is 0 Å². The highest BCUT2D eigenvalue weighted by molar-refractivity contribution is 8.09. The van der Waals surface area contributed by atoms with E-state index in [4.69, 9.17) is 23.1 Å². The molecule has 2 atom stereocenters. The summed E-state index contributed by atoms with van der Waals surface area (Å²) >= 11 is 7.60. The van der Waals surface area contributed by atoms with Crippen LogP contribution in [0.3, 0.4) is 0 Å². The number of nitrogens with one attached hydrogen (secondary N) is 1. The standard InChI is InChI=1S/C20H22ClN5S/c1-12-17-9-14(4-7-18(17)25-24-12)19-11-26(20(23)27-19)10-16(22)8-13-2-5-15(21)6-3-13/h2-7,9,11,16,20H,8,10,22-23H2,1H3,(H,24,25)/t16-,20?/m1/s1. The Morgan fingerprint density at radius 3 is 2.81 bits per heavy atom. The van der Waals surface area contributed by atoms with Gasteiger partial charge in [-0.15, -0.1) is 0 Å². The van der Waals surface area contributed by atoms with E-state index in [1.54, 1.807) is 11.8 Å². The van der Waals surface area contributed by atoms with Crippen molar-refractivity contribution in [2.45, 2.75) is 24.9 Å². The molecule has 1 unspecified atom stereocenters. The number of nitrogens with zero attached hydrogens (tertiary/aromatic N) is 2. The quantitative estimate of drug-likeness (QED) is 0.609. The molecule has 5 N–H and O–H groups in total. The molecule has 27 heavy (non-hydrogen) atoms. The van der Waals surface area contributed by atoms with Crippen LogP contribution in [0.25, 0.3) is 15.8 Å². The number of fused-ring (bicyclic) bond motifs is 1. The smallest absolute Gasteiger partial charge is 0.130 e. The highest BCUT2D eigenvalue weighted by Gasteiger charge is 2.24. The van der Waals surface area contributed by atoms with Crippen molar-refractivity contribution in [2.75, 3.05) is 6.54 Å². The van der Waals surface area contributed by atoms with Gasteiger partial charge in [-0.25, -0.2) is 0 Å². The van der Waals surface area contributed by atoms with Crippen LogP contribution >= 0.6 is 23.4 Å². The van der Waals surface area contributed by atoms with Crippen LogP contribution in [0.15, 0.2) is 48.7 Å². The van der Waals surface area contributed by atoms with Crippen molar-refractivity contribution >= 4 is 39.2 Å². The van der Waals surface area contributed by atoms with Crippen molar-refractivity contribution in [2.24, 2.45) is 11.5 Å². The number of aromatic amines is 1. The number of thioether (sulfide) groups is 1. The Bertz CT molecular complexity index is 982. The lowest BCUT2D eigenvalue weighted by atomic mass is 10.1. The van der Waals surface area contributed by atoms with Crippen molar-refractivity contribution < 1.29 is 0 Å². The van der Waals surface area contributed by atoms with Crippen molar-refractivity contribution in [3.05, 3.63) is 70.5 Å². The molecule has 4 rings (SSSR count). The molecular weight excluding hydrogens is 378 g/mol. The second-order valence-corrected chi connectivity index (χ2v) is 8.46. The van der Waals surface area contributed by atoms with E-state index >= 15 is 0 Å². The zero-order chi connectivity index (χ0) is 19.0. The van der Waals surface area contributed by atoms with E-state index in [2.05, 4.69) is 33.4 Å². The van der Waals surface area contributed by atoms with Crippen LogP contribution in [0, 0.1) is 6.92 Å². The first kappa shape index (κ1) is 18.4. The molecule has 0 saturated carbocycles. The van der Waals surface area contributed by atoms with E-state index in [0.29, 0.717) is 6.54 Å². The second-order valence-electron chi connectivity index (χ2n) is 6.87. The zero-order valence-electron chi connectivity index (χ0n) is 15.0. The topological polar surface area (TPSA) is 84.0 Å². The molecule has 0 amide bonds. The van der Waals surface area contributed by atoms with Crippen LogP contribution in [-0.4, -0.2) is 33.2 Å². The zero-order valence-corrected chi connectivity index (χ0v) is 16.6. The van der Waals surface area contributed by atoms with Gasteiger partial charge in [0, 0.05) is 39.8 Å². The Hall–Kier alpha value is -1.99. The highest BCUT2D eigenvalue weighted by Crippen LogP contribution is 2.38. The summed E-state index contributed by atoms with van der Waals surface area (Å²) in [5, 5.41) is 9.20. The molecule has 1 aliphatic rings. The van der Waals surface area contributed by atoms with Gasteiger partial charge in [0.2, 0.25) is 0 Å². The Labute approximate surface area is 167 Å². The fourth-order valence-electron chi connectivity index (χ4n) is 3.30. The lowest BCUT2D eigenvalue weighted by Crippen LogP contribution is -2.42. The molecule has 0 spiro atoms. The van der Waals surface area contributed by atoms with Gasteiger partial charge in [-0.1, -0.05) is 41.6 Å². The third-order valence-corrected chi connectivity index (χ3v) is 6.10. The number of benzene rings is 2. The van der Waals surface area contributed by atoms with Gasteiger partial charge in [-0.05, 0) is 48.7 Å². The molecule has 0 aliphatic carbocycles. The van der Waals surface area contributed by atoms with E-state index in [-0.39, 0.29) is 11.5 Å². The van der Waals surface area contributed by atoms with Crippen molar-refractivity contribution in [3.8, 4) is 0 Å². The van der Waals surface area contributed by atoms with Crippen LogP contribution in [0.5, 0.6) is 0 Å². The number of halogens is 1. The van der Waals surface area contributed by atoms with Gasteiger partial charge in [0.1, 0.15) is 5.50 Å². The van der Waals surface area contributed by atoms with E-state index < -0.39 is 0 Å². The summed E-state index contributed by atoms with van der Waals surface area (Å²) in [5.74, 6) is 0. The van der Waals surface area contributed by atoms with Crippen LogP contribution < -0.4 is 11.5 Å². The third kappa shape index (κ3) is 3.99. The average Bonchev–Trinajstić information content (AvgIpc) is 3.20. The van der Waals surface area contributed by atoms with Gasteiger partial charge >= 0.3 is 0 Å². The maximum atomic E-state index is 6.37. The number of aromatic nitrogens is 2. The molecule has 3 aromatic rings. The number of hydrogen-bond acceptors (Lipinski definition) is 5. The largest absolute Gasteiger partial charge is 0.351 e. The first-order valence-electron chi connectivity index (χ1n) is 8.84. The Morgan fingerprint density at radius 2 is 2.04 bits per heavy atom. The number of aryl methyl sites for hydroxylation is 1. The maximum absolute atomic E-state index is 6.37. The first-order chi connectivity index (χ1) is 13.0. The number of hydrogen-bond donors (Lipinski definition) is 3. The summed E-state index contributed by atoms with van der Waals surface area (Å²) in [4.78, 5) is 3.27. The second kappa shape index (κ2) is 7.56. The van der Waals surface area contributed by atoms with Crippen LogP contribution in [0.2, 0.25) is 5.02 Å². The van der Waals surface area contributed by atoms with Gasteiger partial charge in [0.25, 0.3) is 0 Å². The molecule has 2 heterocycles. The van der Waals surface area contributed by atoms with Crippen molar-refractivity contribution in [3.63, 3.8) is 0 Å². The predicted molar refractivity (Wildman–Crippen MR) is 114 cm³/mol. The number of rotatable bonds is 5. The summed E-state index contributed by atoms with van der Waals surface area (Å²) in [6, 6.07) is 14.1. The van der Waals surface area contributed by atoms with Gasteiger partial charge in [0.05, 0.1) is 5.52 Å². The maximum Gasteiger partial charge on any atom is 0.130 e. The molecule has 0 fully saturated rings. The summed E-state index contributed by atoms with van der Waals surface area (Å²) in [6.07, 6.45) is 2.90. The van der Waals surface area contributed by atoms with E-state index in [1.165, 1.54) is 5.56 Å². The fraction of sp³-hybridized carbons (Fsp3) is 0.250. The summed E-state index contributed by atoms with van der Waals surface area (Å²) in [5.41, 5.74) is 17.0. The van der Waals surface area contributed by atoms with Gasteiger partial charge in [-0.2, -0.15) is 5.10 Å².